The van der Waals surface area contributed by atoms with E-state index in [-0.39, 0.29) is 12.3 Å². The summed E-state index contributed by atoms with van der Waals surface area (Å²) in [5.41, 5.74) is 3.29. The standard InChI is InChI=1S/C18H19N3O6/c1-3-26-17-10-13(11-19-20-18(22)25-2)8-9-16(17)27-12-14-6-4-5-7-15(14)21(23)24/h4-11H,3,12H2,1-2H3,(H,20,22). The van der Waals surface area contributed by atoms with Gasteiger partial charge in [-0.2, -0.15) is 5.10 Å². The van der Waals surface area contributed by atoms with Gasteiger partial charge in [-0.3, -0.25) is 10.1 Å². The molecule has 0 aliphatic rings. The van der Waals surface area contributed by atoms with Crippen LogP contribution in [-0.4, -0.2) is 30.9 Å². The van der Waals surface area contributed by atoms with E-state index in [0.717, 1.165) is 0 Å². The van der Waals surface area contributed by atoms with Crippen molar-refractivity contribution in [1.29, 1.82) is 0 Å². The van der Waals surface area contributed by atoms with Crippen molar-refractivity contribution in [3.05, 3.63) is 63.7 Å². The Morgan fingerprint density at radius 2 is 2.00 bits per heavy atom. The van der Waals surface area contributed by atoms with E-state index in [1.54, 1.807) is 36.4 Å². The molecule has 0 saturated carbocycles. The Balaban J connectivity index is 2.14. The van der Waals surface area contributed by atoms with Crippen molar-refractivity contribution in [2.24, 2.45) is 5.10 Å². The Labute approximate surface area is 155 Å². The quantitative estimate of drug-likeness (QED) is 0.432. The Hall–Kier alpha value is -3.62. The van der Waals surface area contributed by atoms with Crippen LogP contribution in [0.5, 0.6) is 11.5 Å². The van der Waals surface area contributed by atoms with Gasteiger partial charge in [0, 0.05) is 6.07 Å². The van der Waals surface area contributed by atoms with Crippen LogP contribution in [0, 0.1) is 10.1 Å². The molecular weight excluding hydrogens is 354 g/mol. The van der Waals surface area contributed by atoms with Crippen molar-refractivity contribution in [1.82, 2.24) is 5.43 Å². The lowest BCUT2D eigenvalue weighted by atomic mass is 10.2. The van der Waals surface area contributed by atoms with Crippen LogP contribution >= 0.6 is 0 Å². The molecule has 2 rings (SSSR count). The summed E-state index contributed by atoms with van der Waals surface area (Å²) in [6, 6.07) is 11.4. The van der Waals surface area contributed by atoms with E-state index in [1.807, 2.05) is 6.92 Å². The summed E-state index contributed by atoms with van der Waals surface area (Å²) in [7, 11) is 1.24. The molecule has 0 bridgehead atoms. The largest absolute Gasteiger partial charge is 0.490 e. The molecule has 142 valence electrons. The molecule has 27 heavy (non-hydrogen) atoms. The third-order valence-corrected chi connectivity index (χ3v) is 3.39. The SMILES string of the molecule is CCOc1cc(C=NNC(=O)OC)ccc1OCc1ccccc1[N+](=O)[O-]. The zero-order chi connectivity index (χ0) is 19.6. The van der Waals surface area contributed by atoms with Gasteiger partial charge in [-0.25, -0.2) is 10.2 Å². The van der Waals surface area contributed by atoms with Crippen LogP contribution in [0.3, 0.4) is 0 Å². The number of nitrogens with one attached hydrogen (secondary N) is 1. The zero-order valence-corrected chi connectivity index (χ0v) is 14.9. The predicted octanol–water partition coefficient (Wildman–Crippen LogP) is 3.26. The molecule has 0 aliphatic carbocycles. The third-order valence-electron chi connectivity index (χ3n) is 3.39. The maximum atomic E-state index is 11.1. The summed E-state index contributed by atoms with van der Waals surface area (Å²) in [4.78, 5) is 21.6. The van der Waals surface area contributed by atoms with E-state index in [1.165, 1.54) is 19.4 Å². The van der Waals surface area contributed by atoms with Crippen LogP contribution < -0.4 is 14.9 Å². The minimum absolute atomic E-state index is 0.00639. The highest BCUT2D eigenvalue weighted by Crippen LogP contribution is 2.30. The summed E-state index contributed by atoms with van der Waals surface area (Å²) in [6.45, 7) is 2.25. The van der Waals surface area contributed by atoms with Crippen molar-refractivity contribution >= 4 is 18.0 Å². The van der Waals surface area contributed by atoms with E-state index in [2.05, 4.69) is 15.3 Å². The van der Waals surface area contributed by atoms with Crippen LogP contribution in [0.4, 0.5) is 10.5 Å². The molecule has 0 atom stereocenters. The van der Waals surface area contributed by atoms with Crippen molar-refractivity contribution in [2.75, 3.05) is 13.7 Å². The first-order valence-electron chi connectivity index (χ1n) is 8.04. The lowest BCUT2D eigenvalue weighted by Crippen LogP contribution is -2.16. The number of rotatable bonds is 8. The van der Waals surface area contributed by atoms with Crippen molar-refractivity contribution in [3.8, 4) is 11.5 Å². The van der Waals surface area contributed by atoms with Gasteiger partial charge in [-0.1, -0.05) is 12.1 Å². The lowest BCUT2D eigenvalue weighted by molar-refractivity contribution is -0.385. The van der Waals surface area contributed by atoms with E-state index in [9.17, 15) is 14.9 Å². The molecule has 0 radical (unpaired) electrons. The van der Waals surface area contributed by atoms with Gasteiger partial charge in [0.1, 0.15) is 6.61 Å². The van der Waals surface area contributed by atoms with E-state index in [4.69, 9.17) is 9.47 Å². The van der Waals surface area contributed by atoms with Gasteiger partial charge >= 0.3 is 6.09 Å². The third kappa shape index (κ3) is 5.70. The number of nitrogens with zero attached hydrogens (tertiary/aromatic N) is 2. The number of benzene rings is 2. The van der Waals surface area contributed by atoms with Crippen LogP contribution in [0.1, 0.15) is 18.1 Å². The van der Waals surface area contributed by atoms with Gasteiger partial charge in [0.15, 0.2) is 11.5 Å². The molecule has 0 spiro atoms. The van der Waals surface area contributed by atoms with Crippen LogP contribution in [0.2, 0.25) is 0 Å². The molecule has 2 aromatic rings. The summed E-state index contributed by atoms with van der Waals surface area (Å²) < 4.78 is 15.7. The molecule has 9 nitrogen and oxygen atoms in total. The number of hydrazone groups is 1. The molecule has 1 amide bonds. The number of carbonyl (C=O) groups is 1. The smallest absolute Gasteiger partial charge is 0.427 e. The highest BCUT2D eigenvalue weighted by Gasteiger charge is 2.14. The molecule has 9 heteroatoms. The summed E-state index contributed by atoms with van der Waals surface area (Å²) in [6.07, 6.45) is 0.742. The fourth-order valence-electron chi connectivity index (χ4n) is 2.16. The number of nitro benzene ring substituents is 1. The van der Waals surface area contributed by atoms with Crippen molar-refractivity contribution in [3.63, 3.8) is 0 Å². The fraction of sp³-hybridized carbons (Fsp3) is 0.222. The van der Waals surface area contributed by atoms with Crippen LogP contribution in [-0.2, 0) is 11.3 Å². The molecule has 0 heterocycles. The minimum Gasteiger partial charge on any atom is -0.490 e. The molecule has 0 saturated heterocycles. The maximum Gasteiger partial charge on any atom is 0.427 e. The van der Waals surface area contributed by atoms with Gasteiger partial charge in [-0.05, 0) is 36.8 Å². The molecule has 0 aromatic heterocycles. The Bertz CT molecular complexity index is 838. The van der Waals surface area contributed by atoms with Gasteiger partial charge in [0.05, 0.1) is 30.4 Å². The predicted molar refractivity (Wildman–Crippen MR) is 98.2 cm³/mol. The molecular formula is C18H19N3O6. The second kappa shape index (κ2) is 9.76. The average molecular weight is 373 g/mol. The number of hydrogen-bond acceptors (Lipinski definition) is 7. The summed E-state index contributed by atoms with van der Waals surface area (Å²) in [5, 5.41) is 14.8. The first kappa shape index (κ1) is 19.7. The number of methoxy groups -OCH3 is 1. The average Bonchev–Trinajstić information content (AvgIpc) is 2.67. The fourth-order valence-corrected chi connectivity index (χ4v) is 2.16. The van der Waals surface area contributed by atoms with Crippen molar-refractivity contribution in [2.45, 2.75) is 13.5 Å². The van der Waals surface area contributed by atoms with Crippen molar-refractivity contribution < 1.29 is 23.9 Å². The molecule has 0 aliphatic heterocycles. The maximum absolute atomic E-state index is 11.1. The molecule has 0 unspecified atom stereocenters. The second-order valence-electron chi connectivity index (χ2n) is 5.18. The minimum atomic E-state index is -0.680. The topological polar surface area (TPSA) is 112 Å². The molecule has 2 aromatic carbocycles. The number of amides is 1. The van der Waals surface area contributed by atoms with E-state index < -0.39 is 11.0 Å². The van der Waals surface area contributed by atoms with Crippen LogP contribution in [0.25, 0.3) is 0 Å². The zero-order valence-electron chi connectivity index (χ0n) is 14.9. The Kier molecular flexibility index (Phi) is 7.12. The normalized spacial score (nSPS) is 10.4. The molecule has 0 fully saturated rings. The van der Waals surface area contributed by atoms with Crippen LogP contribution in [0.15, 0.2) is 47.6 Å². The molecule has 1 N–H and O–H groups in total. The van der Waals surface area contributed by atoms with E-state index >= 15 is 0 Å². The summed E-state index contributed by atoms with van der Waals surface area (Å²) in [5.74, 6) is 0.895. The first-order valence-corrected chi connectivity index (χ1v) is 8.04. The Morgan fingerprint density at radius 3 is 2.70 bits per heavy atom. The monoisotopic (exact) mass is 373 g/mol. The Morgan fingerprint density at radius 1 is 1.22 bits per heavy atom. The number of hydrogen-bond donors (Lipinski definition) is 1. The highest BCUT2D eigenvalue weighted by molar-refractivity contribution is 5.82. The first-order chi connectivity index (χ1) is 13.0. The summed E-state index contributed by atoms with van der Waals surface area (Å²) >= 11 is 0. The number of para-hydroxylation sites is 1. The number of nitro groups is 1. The van der Waals surface area contributed by atoms with Gasteiger partial charge in [0.2, 0.25) is 0 Å². The van der Waals surface area contributed by atoms with Gasteiger partial charge in [-0.15, -0.1) is 0 Å². The number of carbonyl (C=O) groups excluding carboxylic acids is 1. The second-order valence-corrected chi connectivity index (χ2v) is 5.18. The lowest BCUT2D eigenvalue weighted by Gasteiger charge is -2.12. The highest BCUT2D eigenvalue weighted by atomic mass is 16.6. The van der Waals surface area contributed by atoms with E-state index in [0.29, 0.717) is 29.2 Å². The van der Waals surface area contributed by atoms with Gasteiger partial charge < -0.3 is 14.2 Å². The van der Waals surface area contributed by atoms with Gasteiger partial charge in [0.25, 0.3) is 5.69 Å². The number of ether oxygens (including phenoxy) is 3.